The smallest absolute Gasteiger partial charge is 0.303 e. The van der Waals surface area contributed by atoms with Gasteiger partial charge in [0.2, 0.25) is 0 Å². The van der Waals surface area contributed by atoms with Crippen LogP contribution >= 0.6 is 0 Å². The third-order valence-corrected chi connectivity index (χ3v) is 2.18. The first-order valence-electron chi connectivity index (χ1n) is 4.31. The lowest BCUT2D eigenvalue weighted by Gasteiger charge is -2.33. The van der Waals surface area contributed by atoms with Gasteiger partial charge in [-0.2, -0.15) is 0 Å². The molecule has 13 heavy (non-hydrogen) atoms. The van der Waals surface area contributed by atoms with Crippen molar-refractivity contribution in [2.75, 3.05) is 0 Å². The van der Waals surface area contributed by atoms with Crippen LogP contribution in [-0.4, -0.2) is 17.9 Å². The molecule has 0 saturated heterocycles. The summed E-state index contributed by atoms with van der Waals surface area (Å²) in [5, 5.41) is 0. The van der Waals surface area contributed by atoms with Crippen molar-refractivity contribution in [3.05, 3.63) is 12.2 Å². The summed E-state index contributed by atoms with van der Waals surface area (Å²) in [6, 6.07) is 0. The molecule has 0 saturated carbocycles. The van der Waals surface area contributed by atoms with Crippen molar-refractivity contribution < 1.29 is 14.3 Å². The molecule has 0 aromatic heterocycles. The standard InChI is InChI=1S/C10H14O3/c1-7(11)13-9-8(12)5-4-6-10(9,2)3/h4-5,9H,6H2,1-3H3/t9-/m1/s1. The minimum absolute atomic E-state index is 0.119. The molecule has 0 N–H and O–H groups in total. The Kier molecular flexibility index (Phi) is 2.55. The Morgan fingerprint density at radius 3 is 2.69 bits per heavy atom. The van der Waals surface area contributed by atoms with Crippen molar-refractivity contribution in [3.8, 4) is 0 Å². The topological polar surface area (TPSA) is 43.4 Å². The third kappa shape index (κ3) is 2.17. The predicted molar refractivity (Wildman–Crippen MR) is 48.1 cm³/mol. The van der Waals surface area contributed by atoms with Crippen molar-refractivity contribution in [2.45, 2.75) is 33.3 Å². The number of carbonyl (C=O) groups is 2. The molecular formula is C10H14O3. The van der Waals surface area contributed by atoms with E-state index >= 15 is 0 Å². The van der Waals surface area contributed by atoms with Crippen molar-refractivity contribution in [3.63, 3.8) is 0 Å². The first kappa shape index (κ1) is 9.96. The number of rotatable bonds is 1. The Balaban J connectivity index is 2.83. The van der Waals surface area contributed by atoms with Gasteiger partial charge < -0.3 is 4.74 Å². The van der Waals surface area contributed by atoms with E-state index in [1.54, 1.807) is 0 Å². The fraction of sp³-hybridized carbons (Fsp3) is 0.600. The fourth-order valence-corrected chi connectivity index (χ4v) is 1.44. The summed E-state index contributed by atoms with van der Waals surface area (Å²) in [6.45, 7) is 5.16. The number of esters is 1. The van der Waals surface area contributed by atoms with Crippen molar-refractivity contribution in [1.82, 2.24) is 0 Å². The normalized spacial score (nSPS) is 25.8. The van der Waals surface area contributed by atoms with Crippen molar-refractivity contribution in [1.29, 1.82) is 0 Å². The maximum Gasteiger partial charge on any atom is 0.303 e. The average Bonchev–Trinajstić information content (AvgIpc) is 1.96. The number of ether oxygens (including phenoxy) is 1. The van der Waals surface area contributed by atoms with E-state index in [9.17, 15) is 9.59 Å². The minimum Gasteiger partial charge on any atom is -0.454 e. The molecule has 0 heterocycles. The van der Waals surface area contributed by atoms with Crippen LogP contribution in [0.4, 0.5) is 0 Å². The van der Waals surface area contributed by atoms with Gasteiger partial charge in [-0.1, -0.05) is 19.9 Å². The molecule has 1 aliphatic carbocycles. The molecule has 72 valence electrons. The zero-order valence-electron chi connectivity index (χ0n) is 8.16. The second-order valence-corrected chi connectivity index (χ2v) is 3.99. The molecule has 0 bridgehead atoms. The molecule has 3 nitrogen and oxygen atoms in total. The lowest BCUT2D eigenvalue weighted by molar-refractivity contribution is -0.159. The number of allylic oxidation sites excluding steroid dienone is 1. The van der Waals surface area contributed by atoms with Crippen molar-refractivity contribution in [2.24, 2.45) is 5.41 Å². The Morgan fingerprint density at radius 1 is 1.62 bits per heavy atom. The fourth-order valence-electron chi connectivity index (χ4n) is 1.44. The van der Waals surface area contributed by atoms with Crippen LogP contribution in [0.1, 0.15) is 27.2 Å². The van der Waals surface area contributed by atoms with E-state index < -0.39 is 12.1 Å². The van der Waals surface area contributed by atoms with Crippen LogP contribution in [0.2, 0.25) is 0 Å². The Bertz CT molecular complexity index is 263. The Labute approximate surface area is 77.8 Å². The van der Waals surface area contributed by atoms with E-state index in [1.165, 1.54) is 13.0 Å². The maximum absolute atomic E-state index is 11.4. The summed E-state index contributed by atoms with van der Waals surface area (Å²) in [5.41, 5.74) is -0.280. The van der Waals surface area contributed by atoms with Crippen LogP contribution in [0.15, 0.2) is 12.2 Å². The van der Waals surface area contributed by atoms with Crippen LogP contribution in [0.5, 0.6) is 0 Å². The average molecular weight is 182 g/mol. The van der Waals surface area contributed by atoms with Gasteiger partial charge in [0.25, 0.3) is 0 Å². The van der Waals surface area contributed by atoms with Crippen LogP contribution in [0.25, 0.3) is 0 Å². The second kappa shape index (κ2) is 3.32. The lowest BCUT2D eigenvalue weighted by Crippen LogP contribution is -2.41. The summed E-state index contributed by atoms with van der Waals surface area (Å²) in [5.74, 6) is -0.520. The molecule has 0 aromatic rings. The van der Waals surface area contributed by atoms with Gasteiger partial charge in [0.1, 0.15) is 0 Å². The number of ketones is 1. The van der Waals surface area contributed by atoms with E-state index in [0.29, 0.717) is 0 Å². The molecule has 0 fully saturated rings. The Hall–Kier alpha value is -1.12. The van der Waals surface area contributed by atoms with Gasteiger partial charge in [-0.3, -0.25) is 9.59 Å². The van der Waals surface area contributed by atoms with E-state index in [0.717, 1.165) is 6.42 Å². The SMILES string of the molecule is CC(=O)O[C@@H]1C(=O)C=CCC1(C)C. The predicted octanol–water partition coefficient (Wildman–Crippen LogP) is 1.47. The number of hydrogen-bond donors (Lipinski definition) is 0. The molecule has 0 radical (unpaired) electrons. The highest BCUT2D eigenvalue weighted by Crippen LogP contribution is 2.32. The highest BCUT2D eigenvalue weighted by atomic mass is 16.5. The maximum atomic E-state index is 11.4. The molecule has 3 heteroatoms. The summed E-state index contributed by atoms with van der Waals surface area (Å²) in [4.78, 5) is 22.1. The minimum atomic E-state index is -0.616. The largest absolute Gasteiger partial charge is 0.454 e. The molecule has 1 aliphatic rings. The highest BCUT2D eigenvalue weighted by molar-refractivity contribution is 5.96. The van der Waals surface area contributed by atoms with E-state index in [-0.39, 0.29) is 11.2 Å². The van der Waals surface area contributed by atoms with Crippen LogP contribution in [-0.2, 0) is 14.3 Å². The first-order valence-corrected chi connectivity index (χ1v) is 4.31. The molecule has 0 aliphatic heterocycles. The summed E-state index contributed by atoms with van der Waals surface area (Å²) in [6.07, 6.45) is 3.45. The zero-order chi connectivity index (χ0) is 10.1. The van der Waals surface area contributed by atoms with E-state index in [4.69, 9.17) is 4.74 Å². The monoisotopic (exact) mass is 182 g/mol. The van der Waals surface area contributed by atoms with Crippen LogP contribution in [0.3, 0.4) is 0 Å². The van der Waals surface area contributed by atoms with Gasteiger partial charge in [-0.05, 0) is 12.5 Å². The van der Waals surface area contributed by atoms with E-state index in [1.807, 2.05) is 19.9 Å². The molecule has 0 aromatic carbocycles. The van der Waals surface area contributed by atoms with Crippen LogP contribution < -0.4 is 0 Å². The summed E-state index contributed by atoms with van der Waals surface area (Å²) >= 11 is 0. The van der Waals surface area contributed by atoms with Gasteiger partial charge in [-0.25, -0.2) is 0 Å². The molecule has 1 atom stereocenters. The van der Waals surface area contributed by atoms with E-state index in [2.05, 4.69) is 0 Å². The molecule has 0 amide bonds. The molecule has 0 spiro atoms. The van der Waals surface area contributed by atoms with Crippen LogP contribution in [0, 0.1) is 5.41 Å². The summed E-state index contributed by atoms with van der Waals surface area (Å²) < 4.78 is 4.98. The molecular weight excluding hydrogens is 168 g/mol. The number of hydrogen-bond acceptors (Lipinski definition) is 3. The number of carbonyl (C=O) groups excluding carboxylic acids is 2. The lowest BCUT2D eigenvalue weighted by atomic mass is 9.77. The molecule has 0 unspecified atom stereocenters. The van der Waals surface area contributed by atoms with Gasteiger partial charge >= 0.3 is 5.97 Å². The zero-order valence-corrected chi connectivity index (χ0v) is 8.16. The quantitative estimate of drug-likeness (QED) is 0.577. The molecule has 1 rings (SSSR count). The third-order valence-electron chi connectivity index (χ3n) is 2.18. The van der Waals surface area contributed by atoms with Gasteiger partial charge in [0, 0.05) is 12.3 Å². The highest BCUT2D eigenvalue weighted by Gasteiger charge is 2.38. The summed E-state index contributed by atoms with van der Waals surface area (Å²) in [7, 11) is 0. The van der Waals surface area contributed by atoms with Gasteiger partial charge in [0.15, 0.2) is 11.9 Å². The Morgan fingerprint density at radius 2 is 2.23 bits per heavy atom. The second-order valence-electron chi connectivity index (χ2n) is 3.99. The van der Waals surface area contributed by atoms with Crippen molar-refractivity contribution >= 4 is 11.8 Å². The van der Waals surface area contributed by atoms with Gasteiger partial charge in [-0.15, -0.1) is 0 Å². The first-order chi connectivity index (χ1) is 5.93. The van der Waals surface area contributed by atoms with Gasteiger partial charge in [0.05, 0.1) is 0 Å².